The third-order valence-electron chi connectivity index (χ3n) is 6.30. The normalized spacial score (nSPS) is 12.5. The van der Waals surface area contributed by atoms with E-state index in [1.54, 1.807) is 0 Å². The van der Waals surface area contributed by atoms with Crippen molar-refractivity contribution in [1.82, 2.24) is 9.29 Å². The number of halogens is 4. The molecular weight excluding hydrogens is 549 g/mol. The van der Waals surface area contributed by atoms with E-state index in [4.69, 9.17) is 16.3 Å². The molecule has 0 radical (unpaired) electrons. The molecule has 0 saturated heterocycles. The van der Waals surface area contributed by atoms with Gasteiger partial charge in [0.2, 0.25) is 0 Å². The molecule has 0 fully saturated rings. The summed E-state index contributed by atoms with van der Waals surface area (Å²) in [7, 11) is 0. The Morgan fingerprint density at radius 3 is 2.33 bits per heavy atom. The Balaban J connectivity index is 1.42. The van der Waals surface area contributed by atoms with Gasteiger partial charge >= 0.3 is 12.3 Å². The summed E-state index contributed by atoms with van der Waals surface area (Å²) in [6, 6.07) is 20.3. The van der Waals surface area contributed by atoms with E-state index in [9.17, 15) is 22.8 Å². The number of aromatic nitrogens is 1. The Hall–Kier alpha value is -3.82. The smallest absolute Gasteiger partial charge is 0.420 e. The highest BCUT2D eigenvalue weighted by Crippen LogP contribution is 2.44. The van der Waals surface area contributed by atoms with Gasteiger partial charge in [-0.3, -0.25) is 9.78 Å². The van der Waals surface area contributed by atoms with Gasteiger partial charge in [-0.1, -0.05) is 60.1 Å². The lowest BCUT2D eigenvalue weighted by Crippen LogP contribution is -2.27. The van der Waals surface area contributed by atoms with E-state index in [1.807, 2.05) is 48.5 Å². The molecule has 0 unspecified atom stereocenters. The van der Waals surface area contributed by atoms with E-state index in [2.05, 4.69) is 4.98 Å². The molecule has 0 aliphatic heterocycles. The van der Waals surface area contributed by atoms with Gasteiger partial charge in [-0.25, -0.2) is 9.10 Å². The summed E-state index contributed by atoms with van der Waals surface area (Å²) in [4.78, 5) is 29.3. The van der Waals surface area contributed by atoms with Gasteiger partial charge in [-0.15, -0.1) is 0 Å². The van der Waals surface area contributed by atoms with Crippen LogP contribution in [0.5, 0.6) is 0 Å². The molecule has 5 rings (SSSR count). The average Bonchev–Trinajstić information content (AvgIpc) is 3.24. The van der Waals surface area contributed by atoms with Crippen molar-refractivity contribution < 1.29 is 27.5 Å². The first-order valence-electron chi connectivity index (χ1n) is 11.8. The summed E-state index contributed by atoms with van der Waals surface area (Å²) >= 11 is 6.83. The number of hydrogen-bond donors (Lipinski definition) is 0. The highest BCUT2D eigenvalue weighted by Gasteiger charge is 2.32. The number of nitrogens with zero attached hydrogens (tertiary/aromatic N) is 2. The molecule has 3 aromatic carbocycles. The van der Waals surface area contributed by atoms with Crippen molar-refractivity contribution in [2.24, 2.45) is 0 Å². The molecule has 198 valence electrons. The fraction of sp³-hybridized carbons (Fsp3) is 0.138. The van der Waals surface area contributed by atoms with Crippen LogP contribution in [-0.4, -0.2) is 28.3 Å². The van der Waals surface area contributed by atoms with Crippen LogP contribution in [0.15, 0.2) is 90.1 Å². The van der Waals surface area contributed by atoms with Crippen LogP contribution in [0.1, 0.15) is 38.5 Å². The molecule has 0 saturated carbocycles. The molecule has 1 aromatic heterocycles. The minimum Gasteiger partial charge on any atom is -0.448 e. The third-order valence-corrected chi connectivity index (χ3v) is 7.56. The molecule has 10 heteroatoms. The predicted molar refractivity (Wildman–Crippen MR) is 143 cm³/mol. The van der Waals surface area contributed by atoms with E-state index >= 15 is 0 Å². The minimum atomic E-state index is -4.62. The summed E-state index contributed by atoms with van der Waals surface area (Å²) in [5, 5.41) is -0.118. The highest BCUT2D eigenvalue weighted by atomic mass is 35.5. The zero-order valence-electron chi connectivity index (χ0n) is 20.2. The summed E-state index contributed by atoms with van der Waals surface area (Å²) in [5.74, 6) is -0.208. The number of aldehydes is 1. The second kappa shape index (κ2) is 11.1. The van der Waals surface area contributed by atoms with Gasteiger partial charge < -0.3 is 4.74 Å². The standard InChI is InChI=1S/C29H20ClF3N2O3S/c30-21-12-18(11-20(13-21)29(31,32)33)15-35(39-27-14-34-10-9-19(27)16-36)28(37)38-17-26-24-7-3-1-5-22(24)23-6-2-4-8-25(23)26/h1-14,16,26H,15,17H2. The van der Waals surface area contributed by atoms with Crippen molar-refractivity contribution >= 4 is 35.9 Å². The summed E-state index contributed by atoms with van der Waals surface area (Å²) < 4.78 is 47.1. The van der Waals surface area contributed by atoms with Crippen molar-refractivity contribution in [3.05, 3.63) is 118 Å². The molecule has 1 aliphatic rings. The Morgan fingerprint density at radius 1 is 1.03 bits per heavy atom. The Bertz CT molecular complexity index is 1500. The Morgan fingerprint density at radius 2 is 1.69 bits per heavy atom. The number of rotatable bonds is 7. The number of benzene rings is 3. The first kappa shape index (κ1) is 26.8. The summed E-state index contributed by atoms with van der Waals surface area (Å²) in [6.45, 7) is -0.251. The van der Waals surface area contributed by atoms with E-state index in [0.717, 1.165) is 50.6 Å². The largest absolute Gasteiger partial charge is 0.448 e. The maximum atomic E-state index is 13.4. The number of ether oxygens (including phenoxy) is 1. The zero-order valence-corrected chi connectivity index (χ0v) is 21.8. The van der Waals surface area contributed by atoms with Gasteiger partial charge in [0.1, 0.15) is 6.61 Å². The number of fused-ring (bicyclic) bond motifs is 3. The number of alkyl halides is 3. The Labute approximate surface area is 231 Å². The predicted octanol–water partition coefficient (Wildman–Crippen LogP) is 8.02. The van der Waals surface area contributed by atoms with Gasteiger partial charge in [0.15, 0.2) is 6.29 Å². The topological polar surface area (TPSA) is 59.5 Å². The van der Waals surface area contributed by atoms with Crippen LogP contribution in [0.3, 0.4) is 0 Å². The van der Waals surface area contributed by atoms with E-state index in [1.165, 1.54) is 24.5 Å². The van der Waals surface area contributed by atoms with Gasteiger partial charge in [-0.05, 0) is 64.0 Å². The lowest BCUT2D eigenvalue weighted by atomic mass is 9.98. The van der Waals surface area contributed by atoms with Crippen LogP contribution in [0.4, 0.5) is 18.0 Å². The van der Waals surface area contributed by atoms with Crippen LogP contribution in [-0.2, 0) is 17.5 Å². The van der Waals surface area contributed by atoms with Gasteiger partial charge in [0.05, 0.1) is 17.0 Å². The van der Waals surface area contributed by atoms with Gasteiger partial charge in [0.25, 0.3) is 0 Å². The van der Waals surface area contributed by atoms with Crippen LogP contribution < -0.4 is 0 Å². The lowest BCUT2D eigenvalue weighted by molar-refractivity contribution is -0.137. The molecule has 0 spiro atoms. The van der Waals surface area contributed by atoms with E-state index in [0.29, 0.717) is 11.2 Å². The second-order valence-electron chi connectivity index (χ2n) is 8.81. The maximum absolute atomic E-state index is 13.4. The van der Waals surface area contributed by atoms with Crippen molar-refractivity contribution in [3.8, 4) is 11.1 Å². The minimum absolute atomic E-state index is 0.0147. The number of pyridine rings is 1. The molecule has 0 atom stereocenters. The molecule has 4 aromatic rings. The first-order chi connectivity index (χ1) is 18.7. The Kier molecular flexibility index (Phi) is 7.63. The monoisotopic (exact) mass is 568 g/mol. The molecule has 1 aliphatic carbocycles. The van der Waals surface area contributed by atoms with Crippen LogP contribution in [0, 0.1) is 0 Å². The second-order valence-corrected chi connectivity index (χ2v) is 10.3. The molecular formula is C29H20ClF3N2O3S. The molecule has 1 heterocycles. The summed E-state index contributed by atoms with van der Waals surface area (Å²) in [5.41, 5.74) is 3.64. The molecule has 1 amide bonds. The number of carbonyl (C=O) groups is 2. The first-order valence-corrected chi connectivity index (χ1v) is 13.0. The number of hydrogen-bond acceptors (Lipinski definition) is 5. The zero-order chi connectivity index (χ0) is 27.6. The van der Waals surface area contributed by atoms with Crippen LogP contribution in [0.2, 0.25) is 5.02 Å². The lowest BCUT2D eigenvalue weighted by Gasteiger charge is -2.23. The SMILES string of the molecule is O=Cc1ccncc1SN(Cc1cc(Cl)cc(C(F)(F)F)c1)C(=O)OCC1c2ccccc2-c2ccccc21. The van der Waals surface area contributed by atoms with E-state index < -0.39 is 17.8 Å². The average molecular weight is 569 g/mol. The van der Waals surface area contributed by atoms with Gasteiger partial charge in [-0.2, -0.15) is 13.2 Å². The maximum Gasteiger partial charge on any atom is 0.420 e. The van der Waals surface area contributed by atoms with Crippen molar-refractivity contribution in [1.29, 1.82) is 0 Å². The van der Waals surface area contributed by atoms with Crippen LogP contribution in [0.25, 0.3) is 11.1 Å². The highest BCUT2D eigenvalue weighted by molar-refractivity contribution is 7.97. The molecule has 5 nitrogen and oxygen atoms in total. The number of carbonyl (C=O) groups excluding carboxylic acids is 2. The molecule has 39 heavy (non-hydrogen) atoms. The van der Waals surface area contributed by atoms with E-state index in [-0.39, 0.29) is 35.2 Å². The molecule has 0 N–H and O–H groups in total. The molecule has 0 bridgehead atoms. The summed E-state index contributed by atoms with van der Waals surface area (Å²) in [6.07, 6.45) is -1.96. The number of amides is 1. The quantitative estimate of drug-likeness (QED) is 0.167. The van der Waals surface area contributed by atoms with Crippen molar-refractivity contribution in [2.45, 2.75) is 23.5 Å². The fourth-order valence-electron chi connectivity index (χ4n) is 4.55. The van der Waals surface area contributed by atoms with Crippen molar-refractivity contribution in [3.63, 3.8) is 0 Å². The fourth-order valence-corrected chi connectivity index (χ4v) is 5.72. The van der Waals surface area contributed by atoms with Crippen LogP contribution >= 0.6 is 23.5 Å². The van der Waals surface area contributed by atoms with Crippen molar-refractivity contribution in [2.75, 3.05) is 6.61 Å². The third kappa shape index (κ3) is 5.79. The van der Waals surface area contributed by atoms with Gasteiger partial charge in [0, 0.05) is 28.9 Å².